The molecule has 1 aliphatic heterocycles. The molecular weight excluding hydrogens is 395 g/mol. The minimum atomic E-state index is -4.42. The molecule has 1 aromatic heterocycles. The lowest BCUT2D eigenvalue weighted by Gasteiger charge is -2.35. The van der Waals surface area contributed by atoms with Gasteiger partial charge in [-0.2, -0.15) is 23.4 Å². The van der Waals surface area contributed by atoms with E-state index in [-0.39, 0.29) is 11.4 Å². The Morgan fingerprint density at radius 2 is 1.80 bits per heavy atom. The van der Waals surface area contributed by atoms with E-state index < -0.39 is 11.7 Å². The van der Waals surface area contributed by atoms with Crippen molar-refractivity contribution in [3.05, 3.63) is 65.5 Å². The van der Waals surface area contributed by atoms with E-state index in [4.69, 9.17) is 4.52 Å². The molecule has 4 rings (SSSR count). The number of rotatable bonds is 4. The third kappa shape index (κ3) is 4.28. The van der Waals surface area contributed by atoms with Crippen molar-refractivity contribution in [3.63, 3.8) is 0 Å². The Kier molecular flexibility index (Phi) is 5.42. The first-order valence-electron chi connectivity index (χ1n) is 9.41. The fourth-order valence-electron chi connectivity index (χ4n) is 3.45. The Hall–Kier alpha value is -3.38. The van der Waals surface area contributed by atoms with Gasteiger partial charge in [0, 0.05) is 31.7 Å². The zero-order chi connectivity index (χ0) is 21.1. The summed E-state index contributed by atoms with van der Waals surface area (Å²) in [5.41, 5.74) is 1.08. The number of anilines is 1. The Labute approximate surface area is 171 Å². The second-order valence-electron chi connectivity index (χ2n) is 6.98. The number of hydrogen-bond donors (Lipinski definition) is 0. The number of halogens is 3. The summed E-state index contributed by atoms with van der Waals surface area (Å²) in [6, 6.07) is 14.6. The van der Waals surface area contributed by atoms with Gasteiger partial charge in [-0.3, -0.25) is 4.90 Å². The van der Waals surface area contributed by atoms with E-state index in [9.17, 15) is 18.4 Å². The Morgan fingerprint density at radius 3 is 2.53 bits per heavy atom. The molecular formula is C21H18F3N5O. The second kappa shape index (κ2) is 8.16. The monoisotopic (exact) mass is 413 g/mol. The van der Waals surface area contributed by atoms with Crippen molar-refractivity contribution in [2.75, 3.05) is 31.1 Å². The van der Waals surface area contributed by atoms with Crippen LogP contribution >= 0.6 is 0 Å². The van der Waals surface area contributed by atoms with Crippen LogP contribution in [0.1, 0.15) is 17.0 Å². The first-order valence-corrected chi connectivity index (χ1v) is 9.41. The van der Waals surface area contributed by atoms with Crippen LogP contribution in [0.3, 0.4) is 0 Å². The van der Waals surface area contributed by atoms with Crippen LogP contribution < -0.4 is 4.90 Å². The molecule has 1 saturated heterocycles. The van der Waals surface area contributed by atoms with E-state index in [1.807, 2.05) is 18.2 Å². The third-order valence-corrected chi connectivity index (χ3v) is 5.01. The van der Waals surface area contributed by atoms with Gasteiger partial charge in [-0.1, -0.05) is 29.4 Å². The summed E-state index contributed by atoms with van der Waals surface area (Å²) in [6.07, 6.45) is -4.42. The van der Waals surface area contributed by atoms with Crippen molar-refractivity contribution in [1.82, 2.24) is 15.0 Å². The molecule has 0 aliphatic carbocycles. The van der Waals surface area contributed by atoms with Crippen molar-refractivity contribution in [2.24, 2.45) is 0 Å². The lowest BCUT2D eigenvalue weighted by molar-refractivity contribution is -0.137. The van der Waals surface area contributed by atoms with Gasteiger partial charge in [0.1, 0.15) is 6.07 Å². The number of alkyl halides is 3. The van der Waals surface area contributed by atoms with Crippen molar-refractivity contribution in [3.8, 4) is 17.5 Å². The average Bonchev–Trinajstić information content (AvgIpc) is 3.22. The highest BCUT2D eigenvalue weighted by Gasteiger charge is 2.31. The highest BCUT2D eigenvalue weighted by atomic mass is 19.4. The third-order valence-electron chi connectivity index (χ3n) is 5.01. The van der Waals surface area contributed by atoms with Gasteiger partial charge >= 0.3 is 6.18 Å². The van der Waals surface area contributed by atoms with Crippen molar-refractivity contribution < 1.29 is 17.7 Å². The molecule has 0 amide bonds. The maximum atomic E-state index is 12.9. The Bertz CT molecular complexity index is 1060. The smallest absolute Gasteiger partial charge is 0.368 e. The van der Waals surface area contributed by atoms with E-state index in [1.54, 1.807) is 6.07 Å². The summed E-state index contributed by atoms with van der Waals surface area (Å²) in [6.45, 7) is 3.38. The van der Waals surface area contributed by atoms with Gasteiger partial charge in [-0.05, 0) is 24.3 Å². The molecule has 0 radical (unpaired) electrons. The Balaban J connectivity index is 1.39. The molecule has 2 aromatic carbocycles. The molecule has 30 heavy (non-hydrogen) atoms. The average molecular weight is 413 g/mol. The zero-order valence-electron chi connectivity index (χ0n) is 15.9. The van der Waals surface area contributed by atoms with E-state index >= 15 is 0 Å². The van der Waals surface area contributed by atoms with Crippen LogP contribution in [0.5, 0.6) is 0 Å². The predicted octanol–water partition coefficient (Wildman–Crippen LogP) is 3.95. The number of aromatic nitrogens is 2. The van der Waals surface area contributed by atoms with Gasteiger partial charge in [-0.25, -0.2) is 0 Å². The van der Waals surface area contributed by atoms with Gasteiger partial charge in [0.15, 0.2) is 0 Å². The molecule has 0 N–H and O–H groups in total. The quantitative estimate of drug-likeness (QED) is 0.645. The van der Waals surface area contributed by atoms with E-state index in [0.717, 1.165) is 44.0 Å². The molecule has 1 aliphatic rings. The van der Waals surface area contributed by atoms with Crippen LogP contribution in [0.25, 0.3) is 11.4 Å². The molecule has 2 heterocycles. The van der Waals surface area contributed by atoms with Crippen molar-refractivity contribution in [1.29, 1.82) is 5.26 Å². The topological polar surface area (TPSA) is 69.2 Å². The van der Waals surface area contributed by atoms with Crippen LogP contribution in [0, 0.1) is 11.3 Å². The molecule has 6 nitrogen and oxygen atoms in total. The van der Waals surface area contributed by atoms with Gasteiger partial charge in [0.25, 0.3) is 0 Å². The fourth-order valence-corrected chi connectivity index (χ4v) is 3.45. The van der Waals surface area contributed by atoms with E-state index in [2.05, 4.69) is 26.0 Å². The molecule has 1 fully saturated rings. The van der Waals surface area contributed by atoms with Crippen LogP contribution in [0.4, 0.5) is 18.9 Å². The van der Waals surface area contributed by atoms with E-state index in [0.29, 0.717) is 18.0 Å². The highest BCUT2D eigenvalue weighted by Crippen LogP contribution is 2.31. The summed E-state index contributed by atoms with van der Waals surface area (Å²) in [7, 11) is 0. The lowest BCUT2D eigenvalue weighted by Crippen LogP contribution is -2.46. The normalized spacial score (nSPS) is 15.2. The van der Waals surface area contributed by atoms with Gasteiger partial charge in [0.05, 0.1) is 23.4 Å². The lowest BCUT2D eigenvalue weighted by atomic mass is 10.1. The standard InChI is InChI=1S/C21H18F3N5O/c22-21(23,24)17-6-3-5-15(12-17)20-26-19(30-27-20)14-28-8-10-29(11-9-28)18-7-2-1-4-16(18)13-25/h1-7,12H,8-11,14H2. The van der Waals surface area contributed by atoms with Gasteiger partial charge in [-0.15, -0.1) is 0 Å². The van der Waals surface area contributed by atoms with Crippen molar-refractivity contribution in [2.45, 2.75) is 12.7 Å². The summed E-state index contributed by atoms with van der Waals surface area (Å²) in [4.78, 5) is 8.56. The predicted molar refractivity (Wildman–Crippen MR) is 103 cm³/mol. The van der Waals surface area contributed by atoms with Crippen LogP contribution in [0.2, 0.25) is 0 Å². The maximum absolute atomic E-state index is 12.9. The minimum Gasteiger partial charge on any atom is -0.368 e. The number of hydrogen-bond acceptors (Lipinski definition) is 6. The molecule has 0 bridgehead atoms. The summed E-state index contributed by atoms with van der Waals surface area (Å²) < 4.78 is 44.0. The first-order chi connectivity index (χ1) is 14.4. The maximum Gasteiger partial charge on any atom is 0.416 e. The fraction of sp³-hybridized carbons (Fsp3) is 0.286. The van der Waals surface area contributed by atoms with Crippen LogP contribution in [0.15, 0.2) is 53.1 Å². The molecule has 0 unspecified atom stereocenters. The van der Waals surface area contributed by atoms with Crippen LogP contribution in [-0.2, 0) is 12.7 Å². The first kappa shape index (κ1) is 19.9. The highest BCUT2D eigenvalue weighted by molar-refractivity contribution is 5.59. The van der Waals surface area contributed by atoms with Crippen LogP contribution in [-0.4, -0.2) is 41.2 Å². The Morgan fingerprint density at radius 1 is 1.03 bits per heavy atom. The number of para-hydroxylation sites is 1. The molecule has 154 valence electrons. The number of piperazine rings is 1. The van der Waals surface area contributed by atoms with Gasteiger partial charge < -0.3 is 9.42 Å². The van der Waals surface area contributed by atoms with E-state index in [1.165, 1.54) is 12.1 Å². The molecule has 0 spiro atoms. The summed E-state index contributed by atoms with van der Waals surface area (Å²) >= 11 is 0. The number of benzene rings is 2. The van der Waals surface area contributed by atoms with Crippen molar-refractivity contribution >= 4 is 5.69 Å². The summed E-state index contributed by atoms with van der Waals surface area (Å²) in [5, 5.41) is 13.1. The summed E-state index contributed by atoms with van der Waals surface area (Å²) in [5.74, 6) is 0.492. The molecule has 0 atom stereocenters. The number of nitrogens with zero attached hydrogens (tertiary/aromatic N) is 5. The number of nitriles is 1. The SMILES string of the molecule is N#Cc1ccccc1N1CCN(Cc2nc(-c3cccc(C(F)(F)F)c3)no2)CC1. The zero-order valence-corrected chi connectivity index (χ0v) is 15.9. The second-order valence-corrected chi connectivity index (χ2v) is 6.98. The molecule has 3 aromatic rings. The molecule has 0 saturated carbocycles. The largest absolute Gasteiger partial charge is 0.416 e. The van der Waals surface area contributed by atoms with Gasteiger partial charge in [0.2, 0.25) is 11.7 Å². The molecule has 9 heteroatoms. The minimum absolute atomic E-state index is 0.137.